The van der Waals surface area contributed by atoms with Crippen molar-refractivity contribution < 1.29 is 13.2 Å². The topological polar surface area (TPSA) is 92.5 Å². The highest BCUT2D eigenvalue weighted by atomic mass is 32.2. The van der Waals surface area contributed by atoms with Gasteiger partial charge in [-0.05, 0) is 38.0 Å². The first kappa shape index (κ1) is 20.6. The van der Waals surface area contributed by atoms with Gasteiger partial charge < -0.3 is 11.1 Å². The molecule has 1 aromatic carbocycles. The molecule has 1 amide bonds. The maximum Gasteiger partial charge on any atom is 0.243 e. The standard InChI is InChI=1S/C17H29N3O3S/c1-5-20(6-2)24(22,23)15-10-7-14(8-11-15)9-12-16(21)19-13-17(3,4)18/h7-8,10-11H,5-6,9,12-13,18H2,1-4H3,(H,19,21). The van der Waals surface area contributed by atoms with E-state index < -0.39 is 15.6 Å². The summed E-state index contributed by atoms with van der Waals surface area (Å²) < 4.78 is 26.2. The van der Waals surface area contributed by atoms with Crippen LogP contribution in [-0.2, 0) is 21.2 Å². The molecular weight excluding hydrogens is 326 g/mol. The van der Waals surface area contributed by atoms with Gasteiger partial charge in [-0.3, -0.25) is 4.79 Å². The second kappa shape index (κ2) is 8.60. The molecule has 0 bridgehead atoms. The lowest BCUT2D eigenvalue weighted by atomic mass is 10.1. The predicted octanol–water partition coefficient (Wildman–Crippen LogP) is 1.50. The number of nitrogens with two attached hydrogens (primary N) is 1. The third-order valence-corrected chi connectivity index (χ3v) is 5.71. The van der Waals surface area contributed by atoms with Crippen LogP contribution in [0.4, 0.5) is 0 Å². The number of hydrogen-bond donors (Lipinski definition) is 2. The van der Waals surface area contributed by atoms with E-state index in [9.17, 15) is 13.2 Å². The number of nitrogens with zero attached hydrogens (tertiary/aromatic N) is 1. The van der Waals surface area contributed by atoms with Crippen molar-refractivity contribution in [2.75, 3.05) is 19.6 Å². The number of carbonyl (C=O) groups excluding carboxylic acids is 1. The van der Waals surface area contributed by atoms with Crippen molar-refractivity contribution in [2.45, 2.75) is 51.0 Å². The van der Waals surface area contributed by atoms with Crippen LogP contribution in [0.25, 0.3) is 0 Å². The van der Waals surface area contributed by atoms with Gasteiger partial charge in [0.05, 0.1) is 4.90 Å². The van der Waals surface area contributed by atoms with Crippen LogP contribution in [-0.4, -0.2) is 43.8 Å². The van der Waals surface area contributed by atoms with Crippen molar-refractivity contribution >= 4 is 15.9 Å². The van der Waals surface area contributed by atoms with Crippen LogP contribution in [0.2, 0.25) is 0 Å². The molecule has 1 rings (SSSR count). The number of amides is 1. The zero-order valence-electron chi connectivity index (χ0n) is 15.0. The van der Waals surface area contributed by atoms with E-state index in [1.165, 1.54) is 4.31 Å². The molecule has 0 aliphatic carbocycles. The normalized spacial score (nSPS) is 12.4. The molecule has 0 unspecified atom stereocenters. The van der Waals surface area contributed by atoms with Crippen LogP contribution in [0.1, 0.15) is 39.7 Å². The maximum absolute atomic E-state index is 12.4. The zero-order valence-corrected chi connectivity index (χ0v) is 15.8. The Bertz CT molecular complexity index is 630. The highest BCUT2D eigenvalue weighted by Crippen LogP contribution is 2.16. The van der Waals surface area contributed by atoms with E-state index in [1.54, 1.807) is 24.3 Å². The first-order chi connectivity index (χ1) is 11.1. The van der Waals surface area contributed by atoms with Gasteiger partial charge in [-0.15, -0.1) is 0 Å². The molecule has 0 heterocycles. The number of aryl methyl sites for hydroxylation is 1. The average molecular weight is 356 g/mol. The Hall–Kier alpha value is -1.44. The summed E-state index contributed by atoms with van der Waals surface area (Å²) >= 11 is 0. The van der Waals surface area contributed by atoms with Crippen molar-refractivity contribution in [1.29, 1.82) is 0 Å². The molecule has 0 aliphatic rings. The first-order valence-electron chi connectivity index (χ1n) is 8.25. The van der Waals surface area contributed by atoms with Gasteiger partial charge in [0, 0.05) is 31.6 Å². The maximum atomic E-state index is 12.4. The molecule has 7 heteroatoms. The molecular formula is C17H29N3O3S. The van der Waals surface area contributed by atoms with Gasteiger partial charge in [0.15, 0.2) is 0 Å². The minimum absolute atomic E-state index is 0.0617. The lowest BCUT2D eigenvalue weighted by molar-refractivity contribution is -0.121. The number of benzene rings is 1. The number of sulfonamides is 1. The molecule has 3 N–H and O–H groups in total. The largest absolute Gasteiger partial charge is 0.354 e. The second-order valence-electron chi connectivity index (χ2n) is 6.50. The summed E-state index contributed by atoms with van der Waals surface area (Å²) in [6, 6.07) is 6.72. The van der Waals surface area contributed by atoms with E-state index >= 15 is 0 Å². The Morgan fingerprint density at radius 3 is 2.17 bits per heavy atom. The first-order valence-corrected chi connectivity index (χ1v) is 9.69. The van der Waals surface area contributed by atoms with E-state index in [4.69, 9.17) is 5.73 Å². The van der Waals surface area contributed by atoms with E-state index in [-0.39, 0.29) is 10.8 Å². The van der Waals surface area contributed by atoms with Crippen LogP contribution >= 0.6 is 0 Å². The second-order valence-corrected chi connectivity index (χ2v) is 8.44. The smallest absolute Gasteiger partial charge is 0.243 e. The fourth-order valence-corrected chi connectivity index (χ4v) is 3.67. The highest BCUT2D eigenvalue weighted by Gasteiger charge is 2.21. The SMILES string of the molecule is CCN(CC)S(=O)(=O)c1ccc(CCC(=O)NCC(C)(C)N)cc1. The van der Waals surface area contributed by atoms with Gasteiger partial charge >= 0.3 is 0 Å². The van der Waals surface area contributed by atoms with Crippen molar-refractivity contribution in [3.8, 4) is 0 Å². The van der Waals surface area contributed by atoms with Gasteiger partial charge in [-0.2, -0.15) is 4.31 Å². The Morgan fingerprint density at radius 2 is 1.71 bits per heavy atom. The molecule has 0 atom stereocenters. The lowest BCUT2D eigenvalue weighted by Crippen LogP contribution is -2.45. The van der Waals surface area contributed by atoms with Crippen LogP contribution in [0.15, 0.2) is 29.2 Å². The Balaban J connectivity index is 2.64. The van der Waals surface area contributed by atoms with E-state index in [2.05, 4.69) is 5.32 Å². The van der Waals surface area contributed by atoms with Gasteiger partial charge in [-0.1, -0.05) is 26.0 Å². The molecule has 6 nitrogen and oxygen atoms in total. The van der Waals surface area contributed by atoms with Crippen LogP contribution in [0, 0.1) is 0 Å². The van der Waals surface area contributed by atoms with Crippen LogP contribution in [0.5, 0.6) is 0 Å². The molecule has 0 saturated heterocycles. The Labute approximate surface area is 145 Å². The summed E-state index contributed by atoms with van der Waals surface area (Å²) in [5.41, 5.74) is 6.31. The third kappa shape index (κ3) is 6.22. The number of nitrogens with one attached hydrogen (secondary N) is 1. The van der Waals surface area contributed by atoms with Crippen LogP contribution < -0.4 is 11.1 Å². The molecule has 0 fully saturated rings. The van der Waals surface area contributed by atoms with Crippen molar-refractivity contribution in [1.82, 2.24) is 9.62 Å². The Morgan fingerprint density at radius 1 is 1.17 bits per heavy atom. The van der Waals surface area contributed by atoms with Gasteiger partial charge in [-0.25, -0.2) is 8.42 Å². The molecule has 0 spiro atoms. The minimum Gasteiger partial charge on any atom is -0.354 e. The predicted molar refractivity (Wildman–Crippen MR) is 96.1 cm³/mol. The molecule has 24 heavy (non-hydrogen) atoms. The number of carbonyl (C=O) groups is 1. The number of hydrogen-bond acceptors (Lipinski definition) is 4. The lowest BCUT2D eigenvalue weighted by Gasteiger charge is -2.19. The molecule has 136 valence electrons. The average Bonchev–Trinajstić information content (AvgIpc) is 2.51. The van der Waals surface area contributed by atoms with Crippen molar-refractivity contribution in [2.24, 2.45) is 5.73 Å². The Kier molecular flexibility index (Phi) is 7.38. The summed E-state index contributed by atoms with van der Waals surface area (Å²) in [6.45, 7) is 8.64. The summed E-state index contributed by atoms with van der Waals surface area (Å²) in [7, 11) is -3.43. The fourth-order valence-electron chi connectivity index (χ4n) is 2.21. The molecule has 1 aromatic rings. The van der Waals surface area contributed by atoms with Gasteiger partial charge in [0.25, 0.3) is 0 Å². The quantitative estimate of drug-likeness (QED) is 0.702. The molecule has 0 aliphatic heterocycles. The van der Waals surface area contributed by atoms with E-state index in [0.717, 1.165) is 5.56 Å². The third-order valence-electron chi connectivity index (χ3n) is 3.65. The fraction of sp³-hybridized carbons (Fsp3) is 0.588. The van der Waals surface area contributed by atoms with Gasteiger partial charge in [0.2, 0.25) is 15.9 Å². The number of rotatable bonds is 9. The highest BCUT2D eigenvalue weighted by molar-refractivity contribution is 7.89. The monoisotopic (exact) mass is 355 g/mol. The van der Waals surface area contributed by atoms with E-state index in [1.807, 2.05) is 27.7 Å². The zero-order chi connectivity index (χ0) is 18.4. The molecule has 0 saturated carbocycles. The van der Waals surface area contributed by atoms with E-state index in [0.29, 0.717) is 32.5 Å². The van der Waals surface area contributed by atoms with Crippen LogP contribution in [0.3, 0.4) is 0 Å². The molecule has 0 radical (unpaired) electrons. The summed E-state index contributed by atoms with van der Waals surface area (Å²) in [5.74, 6) is -0.0617. The summed E-state index contributed by atoms with van der Waals surface area (Å²) in [5, 5.41) is 2.79. The minimum atomic E-state index is -3.43. The van der Waals surface area contributed by atoms with Crippen molar-refractivity contribution in [3.63, 3.8) is 0 Å². The van der Waals surface area contributed by atoms with Crippen molar-refractivity contribution in [3.05, 3.63) is 29.8 Å². The summed E-state index contributed by atoms with van der Waals surface area (Å²) in [4.78, 5) is 12.1. The molecule has 0 aromatic heterocycles. The summed E-state index contributed by atoms with van der Waals surface area (Å²) in [6.07, 6.45) is 0.903. The van der Waals surface area contributed by atoms with Gasteiger partial charge in [0.1, 0.15) is 0 Å².